The lowest BCUT2D eigenvalue weighted by Crippen LogP contribution is -2.70. The predicted octanol–water partition coefficient (Wildman–Crippen LogP) is -3.30. The molecule has 7 nitrogen and oxygen atoms in total. The van der Waals surface area contributed by atoms with Crippen LogP contribution in [0.25, 0.3) is 0 Å². The Balaban J connectivity index is 2.97. The third-order valence-corrected chi connectivity index (χ3v) is 2.57. The number of carbonyl (C=O) groups is 1. The van der Waals surface area contributed by atoms with E-state index in [1.807, 2.05) is 0 Å². The summed E-state index contributed by atoms with van der Waals surface area (Å²) in [6, 6.07) is -1.45. The molecule has 0 saturated carbocycles. The van der Waals surface area contributed by atoms with Crippen molar-refractivity contribution in [2.75, 3.05) is 6.61 Å². The van der Waals surface area contributed by atoms with Crippen molar-refractivity contribution in [1.82, 2.24) is 0 Å². The maximum atomic E-state index is 11.1. The van der Waals surface area contributed by atoms with E-state index in [0.29, 0.717) is 0 Å². The van der Waals surface area contributed by atoms with Crippen molar-refractivity contribution in [3.63, 3.8) is 0 Å². The van der Waals surface area contributed by atoms with E-state index in [4.69, 9.17) is 15.6 Å². The molecule has 0 aliphatic carbocycles. The second-order valence-electron chi connectivity index (χ2n) is 3.60. The van der Waals surface area contributed by atoms with Crippen molar-refractivity contribution in [2.45, 2.75) is 37.1 Å². The van der Waals surface area contributed by atoms with Crippen LogP contribution in [0.3, 0.4) is 0 Å². The number of hydrogen-bond acceptors (Lipinski definition) is 7. The minimum Gasteiger partial charge on any atom is -0.394 e. The van der Waals surface area contributed by atoms with Gasteiger partial charge in [0, 0.05) is 6.92 Å². The fourth-order valence-corrected chi connectivity index (χ4v) is 1.51. The Morgan fingerprint density at radius 2 is 2.00 bits per heavy atom. The molecule has 0 aromatic rings. The number of hydrogen-bond donors (Lipinski definition) is 5. The van der Waals surface area contributed by atoms with E-state index in [1.165, 1.54) is 0 Å². The van der Waals surface area contributed by atoms with Crippen LogP contribution >= 0.6 is 0 Å². The lowest BCUT2D eigenvalue weighted by Gasteiger charge is -2.44. The molecule has 5 unspecified atom stereocenters. The first-order valence-electron chi connectivity index (χ1n) is 4.48. The molecule has 0 spiro atoms. The van der Waals surface area contributed by atoms with Gasteiger partial charge in [0.15, 0.2) is 5.78 Å². The summed E-state index contributed by atoms with van der Waals surface area (Å²) in [5.41, 5.74) is 5.38. The summed E-state index contributed by atoms with van der Waals surface area (Å²) >= 11 is 0. The number of ketones is 1. The summed E-state index contributed by atoms with van der Waals surface area (Å²) in [5, 5.41) is 37.4. The van der Waals surface area contributed by atoms with E-state index >= 15 is 0 Å². The van der Waals surface area contributed by atoms with Crippen molar-refractivity contribution in [3.05, 3.63) is 0 Å². The maximum Gasteiger partial charge on any atom is 0.244 e. The molecule has 0 radical (unpaired) electrons. The number of ether oxygens (including phenoxy) is 1. The number of aliphatic hydroxyl groups is 4. The van der Waals surface area contributed by atoms with Gasteiger partial charge < -0.3 is 30.9 Å². The molecule has 7 heteroatoms. The van der Waals surface area contributed by atoms with Gasteiger partial charge in [0.25, 0.3) is 0 Å². The quantitative estimate of drug-likeness (QED) is 0.330. The maximum absolute atomic E-state index is 11.1. The molecule has 1 rings (SSSR count). The van der Waals surface area contributed by atoms with Gasteiger partial charge in [-0.05, 0) is 0 Å². The monoisotopic (exact) mass is 221 g/mol. The van der Waals surface area contributed by atoms with Gasteiger partial charge in [0.05, 0.1) is 12.6 Å². The number of Topliss-reactive ketones (excluding diaryl/α,β-unsaturated/α-hetero) is 1. The largest absolute Gasteiger partial charge is 0.394 e. The Labute approximate surface area is 86.1 Å². The first-order chi connectivity index (χ1) is 6.84. The minimum atomic E-state index is -2.37. The van der Waals surface area contributed by atoms with Gasteiger partial charge in [0.1, 0.15) is 18.3 Å². The van der Waals surface area contributed by atoms with Gasteiger partial charge in [-0.15, -0.1) is 0 Å². The second kappa shape index (κ2) is 4.12. The minimum absolute atomic E-state index is 0.638. The van der Waals surface area contributed by atoms with E-state index in [9.17, 15) is 20.1 Å². The Bertz CT molecular complexity index is 258. The third-order valence-electron chi connectivity index (χ3n) is 2.57. The Hall–Kier alpha value is -0.570. The molecule has 88 valence electrons. The highest BCUT2D eigenvalue weighted by molar-refractivity contribution is 5.84. The molecule has 1 aliphatic rings. The topological polar surface area (TPSA) is 133 Å². The summed E-state index contributed by atoms with van der Waals surface area (Å²) in [6.07, 6.45) is -4.22. The van der Waals surface area contributed by atoms with E-state index < -0.39 is 42.5 Å². The fourth-order valence-electron chi connectivity index (χ4n) is 1.51. The molecule has 1 saturated heterocycles. The zero-order valence-electron chi connectivity index (χ0n) is 8.20. The fraction of sp³-hybridized carbons (Fsp3) is 0.875. The van der Waals surface area contributed by atoms with Crippen molar-refractivity contribution >= 4 is 5.78 Å². The number of nitrogens with two attached hydrogens (primary N) is 1. The van der Waals surface area contributed by atoms with E-state index in [2.05, 4.69) is 0 Å². The van der Waals surface area contributed by atoms with Crippen molar-refractivity contribution < 1.29 is 30.0 Å². The zero-order chi connectivity index (χ0) is 11.8. The average molecular weight is 221 g/mol. The summed E-state index contributed by atoms with van der Waals surface area (Å²) < 4.78 is 4.80. The molecule has 5 atom stereocenters. The second-order valence-corrected chi connectivity index (χ2v) is 3.60. The van der Waals surface area contributed by atoms with Crippen molar-refractivity contribution in [1.29, 1.82) is 0 Å². The van der Waals surface area contributed by atoms with Crippen LogP contribution in [0, 0.1) is 0 Å². The van der Waals surface area contributed by atoms with Gasteiger partial charge in [0.2, 0.25) is 5.79 Å². The molecule has 0 aromatic heterocycles. The standard InChI is InChI=1S/C8H15NO6/c1-3(11)8(14)7(9)6(13)5(12)4(2-10)15-8/h4-7,10,12-14H,2,9H2,1H3. The van der Waals surface area contributed by atoms with Crippen molar-refractivity contribution in [3.8, 4) is 0 Å². The average Bonchev–Trinajstić information content (AvgIpc) is 2.20. The molecular weight excluding hydrogens is 206 g/mol. The highest BCUT2D eigenvalue weighted by Gasteiger charge is 2.54. The SMILES string of the molecule is CC(=O)C1(O)OC(CO)C(O)C(O)C1N. The van der Waals surface area contributed by atoms with E-state index in [0.717, 1.165) is 6.92 Å². The first-order valence-corrected chi connectivity index (χ1v) is 4.48. The molecule has 1 aliphatic heterocycles. The van der Waals surface area contributed by atoms with Crippen LogP contribution in [-0.4, -0.2) is 63.0 Å². The van der Waals surface area contributed by atoms with Crippen LogP contribution in [0.5, 0.6) is 0 Å². The Morgan fingerprint density at radius 3 is 2.40 bits per heavy atom. The van der Waals surface area contributed by atoms with Gasteiger partial charge in [-0.3, -0.25) is 4.79 Å². The highest BCUT2D eigenvalue weighted by Crippen LogP contribution is 2.27. The van der Waals surface area contributed by atoms with Gasteiger partial charge in [-0.2, -0.15) is 0 Å². The van der Waals surface area contributed by atoms with Gasteiger partial charge in [-0.1, -0.05) is 0 Å². The summed E-state index contributed by atoms with van der Waals surface area (Å²) in [4.78, 5) is 11.1. The van der Waals surface area contributed by atoms with Gasteiger partial charge >= 0.3 is 0 Å². The summed E-state index contributed by atoms with van der Waals surface area (Å²) in [5.74, 6) is -3.16. The molecule has 0 bridgehead atoms. The molecule has 0 amide bonds. The predicted molar refractivity (Wildman–Crippen MR) is 47.6 cm³/mol. The molecule has 1 fully saturated rings. The summed E-state index contributed by atoms with van der Waals surface area (Å²) in [6.45, 7) is 0.402. The van der Waals surface area contributed by atoms with Gasteiger partial charge in [-0.25, -0.2) is 0 Å². The summed E-state index contributed by atoms with van der Waals surface area (Å²) in [7, 11) is 0. The first kappa shape index (κ1) is 12.5. The van der Waals surface area contributed by atoms with Crippen LogP contribution in [0.15, 0.2) is 0 Å². The molecule has 0 aromatic carbocycles. The van der Waals surface area contributed by atoms with Crippen LogP contribution in [-0.2, 0) is 9.53 Å². The highest BCUT2D eigenvalue weighted by atomic mass is 16.7. The smallest absolute Gasteiger partial charge is 0.244 e. The lowest BCUT2D eigenvalue weighted by atomic mass is 9.89. The third kappa shape index (κ3) is 1.89. The number of carbonyl (C=O) groups excluding carboxylic acids is 1. The Morgan fingerprint density at radius 1 is 1.47 bits per heavy atom. The van der Waals surface area contributed by atoms with Crippen LogP contribution < -0.4 is 5.73 Å². The molecule has 6 N–H and O–H groups in total. The van der Waals surface area contributed by atoms with Crippen LogP contribution in [0.1, 0.15) is 6.92 Å². The van der Waals surface area contributed by atoms with E-state index in [1.54, 1.807) is 0 Å². The normalized spacial score (nSPS) is 46.5. The van der Waals surface area contributed by atoms with E-state index in [-0.39, 0.29) is 0 Å². The molecule has 1 heterocycles. The molecule has 15 heavy (non-hydrogen) atoms. The number of rotatable bonds is 2. The van der Waals surface area contributed by atoms with Crippen molar-refractivity contribution in [2.24, 2.45) is 5.73 Å². The van der Waals surface area contributed by atoms with Crippen LogP contribution in [0.2, 0.25) is 0 Å². The molecular formula is C8H15NO6. The Kier molecular flexibility index (Phi) is 3.44. The van der Waals surface area contributed by atoms with Crippen LogP contribution in [0.4, 0.5) is 0 Å². The zero-order valence-corrected chi connectivity index (χ0v) is 8.20. The lowest BCUT2D eigenvalue weighted by molar-refractivity contribution is -0.296. The number of aliphatic hydroxyl groups excluding tert-OH is 3.